The molecular weight excluding hydrogens is 567 g/mol. The minimum Gasteiger partial charge on any atom is -0.491 e. The van der Waals surface area contributed by atoms with Crippen molar-refractivity contribution in [1.82, 2.24) is 30.4 Å². The van der Waals surface area contributed by atoms with E-state index >= 15 is 0 Å². The predicted octanol–water partition coefficient (Wildman–Crippen LogP) is 5.27. The molecule has 3 heterocycles. The van der Waals surface area contributed by atoms with Crippen LogP contribution in [0.4, 0.5) is 22.0 Å². The van der Waals surface area contributed by atoms with Gasteiger partial charge in [0, 0.05) is 32.9 Å². The third kappa shape index (κ3) is 11.2. The van der Waals surface area contributed by atoms with E-state index < -0.39 is 30.8 Å². The number of halogens is 5. The first kappa shape index (κ1) is 32.7. The van der Waals surface area contributed by atoms with Gasteiger partial charge in [-0.3, -0.25) is 9.59 Å². The number of alkyl halides is 5. The number of methoxy groups -OCH3 is 1. The Kier molecular flexibility index (Phi) is 11.6. The van der Waals surface area contributed by atoms with Crippen LogP contribution in [0.15, 0.2) is 29.2 Å². The maximum atomic E-state index is 13.2. The topological polar surface area (TPSA) is 124 Å². The van der Waals surface area contributed by atoms with Crippen molar-refractivity contribution in [1.29, 1.82) is 0 Å². The molecule has 2 fully saturated rings. The van der Waals surface area contributed by atoms with Crippen LogP contribution in [-0.4, -0.2) is 57.8 Å². The van der Waals surface area contributed by atoms with Gasteiger partial charge in [0.1, 0.15) is 0 Å². The van der Waals surface area contributed by atoms with Crippen molar-refractivity contribution >= 4 is 17.5 Å². The molecule has 2 saturated carbocycles. The zero-order valence-electron chi connectivity index (χ0n) is 23.5. The van der Waals surface area contributed by atoms with Crippen molar-refractivity contribution in [3.63, 3.8) is 0 Å². The Hall–Kier alpha value is -3.78. The molecule has 0 radical (unpaired) electrons. The number of ether oxygens (including phenoxy) is 1. The fourth-order valence-corrected chi connectivity index (χ4v) is 3.95. The van der Waals surface area contributed by atoms with E-state index in [2.05, 4.69) is 30.4 Å². The van der Waals surface area contributed by atoms with E-state index in [1.165, 1.54) is 45.9 Å². The second-order valence-electron chi connectivity index (χ2n) is 10.2. The fourth-order valence-electron chi connectivity index (χ4n) is 3.95. The fraction of sp³-hybridized carbons (Fsp3) is 0.593. The van der Waals surface area contributed by atoms with Gasteiger partial charge in [0.15, 0.2) is 17.7 Å². The van der Waals surface area contributed by atoms with Crippen LogP contribution in [-0.2, 0) is 17.8 Å². The highest BCUT2D eigenvalue weighted by atomic mass is 19.4. The number of hydrogen-bond acceptors (Lipinski definition) is 7. The zero-order chi connectivity index (χ0) is 30.8. The summed E-state index contributed by atoms with van der Waals surface area (Å²) in [6, 6.07) is 1.69. The number of amides is 2. The summed E-state index contributed by atoms with van der Waals surface area (Å²) in [7, 11) is 2.95. The van der Waals surface area contributed by atoms with Crippen LogP contribution in [0.25, 0.3) is 5.65 Å². The first-order chi connectivity index (χ1) is 19.9. The summed E-state index contributed by atoms with van der Waals surface area (Å²) in [5.41, 5.74) is 2.07. The summed E-state index contributed by atoms with van der Waals surface area (Å²) >= 11 is 0. The molecule has 0 aliphatic heterocycles. The molecule has 2 aliphatic rings. The summed E-state index contributed by atoms with van der Waals surface area (Å²) in [6.45, 7) is 0.0556. The van der Waals surface area contributed by atoms with Crippen molar-refractivity contribution in [2.45, 2.75) is 82.9 Å². The second kappa shape index (κ2) is 14.9. The maximum absolute atomic E-state index is 13.2. The smallest absolute Gasteiger partial charge is 0.389 e. The molecule has 3 aromatic rings. The summed E-state index contributed by atoms with van der Waals surface area (Å²) in [6.07, 6.45) is 4.21. The maximum Gasteiger partial charge on any atom is 0.389 e. The highest BCUT2D eigenvalue weighted by Crippen LogP contribution is 2.37. The van der Waals surface area contributed by atoms with Crippen LogP contribution in [0.5, 0.6) is 5.75 Å². The van der Waals surface area contributed by atoms with Crippen LogP contribution in [0.1, 0.15) is 79.5 Å². The van der Waals surface area contributed by atoms with Crippen molar-refractivity contribution in [3.8, 4) is 5.75 Å². The number of nitrogens with zero attached hydrogens (tertiary/aromatic N) is 4. The molecule has 0 aromatic carbocycles. The largest absolute Gasteiger partial charge is 0.491 e. The molecule has 3 aromatic heterocycles. The molecule has 10 nitrogen and oxygen atoms in total. The van der Waals surface area contributed by atoms with Gasteiger partial charge < -0.3 is 19.9 Å². The first-order valence-electron chi connectivity index (χ1n) is 13.6. The van der Waals surface area contributed by atoms with Gasteiger partial charge in [-0.25, -0.2) is 18.3 Å². The number of rotatable bonds is 8. The van der Waals surface area contributed by atoms with Gasteiger partial charge in [-0.2, -0.15) is 18.3 Å². The molecule has 0 bridgehead atoms. The van der Waals surface area contributed by atoms with Crippen molar-refractivity contribution in [2.75, 3.05) is 14.2 Å². The Morgan fingerprint density at radius 1 is 1.19 bits per heavy atom. The molecule has 0 unspecified atom stereocenters. The number of fused-ring (bicyclic) bond motifs is 1. The van der Waals surface area contributed by atoms with E-state index in [0.29, 0.717) is 36.2 Å². The van der Waals surface area contributed by atoms with E-state index in [1.807, 2.05) is 0 Å². The van der Waals surface area contributed by atoms with Crippen LogP contribution < -0.4 is 15.4 Å². The summed E-state index contributed by atoms with van der Waals surface area (Å²) in [4.78, 5) is 26.9. The van der Waals surface area contributed by atoms with Gasteiger partial charge >= 0.3 is 6.18 Å². The van der Waals surface area contributed by atoms with Crippen molar-refractivity contribution in [2.24, 2.45) is 5.92 Å². The third-order valence-corrected chi connectivity index (χ3v) is 6.44. The van der Waals surface area contributed by atoms with E-state index in [-0.39, 0.29) is 36.9 Å². The molecule has 2 N–H and O–H groups in total. The zero-order valence-corrected chi connectivity index (χ0v) is 23.5. The van der Waals surface area contributed by atoms with Crippen LogP contribution in [0.2, 0.25) is 0 Å². The molecule has 0 saturated heterocycles. The van der Waals surface area contributed by atoms with Crippen molar-refractivity contribution in [3.05, 3.63) is 41.7 Å². The normalized spacial score (nSPS) is 16.0. The average Bonchev–Trinajstić information content (AvgIpc) is 3.66. The lowest BCUT2D eigenvalue weighted by molar-refractivity contribution is -0.144. The Labute approximate surface area is 239 Å². The molecule has 5 rings (SSSR count). The molecule has 42 heavy (non-hydrogen) atoms. The van der Waals surface area contributed by atoms with Gasteiger partial charge in [0.25, 0.3) is 5.91 Å². The Morgan fingerprint density at radius 2 is 1.88 bits per heavy atom. The second-order valence-corrected chi connectivity index (χ2v) is 10.2. The lowest BCUT2D eigenvalue weighted by Crippen LogP contribution is -2.25. The Balaban J connectivity index is 0.000000283. The number of hydrogen-bond donors (Lipinski definition) is 2. The molecule has 0 atom stereocenters. The van der Waals surface area contributed by atoms with Gasteiger partial charge in [0.05, 0.1) is 31.6 Å². The monoisotopic (exact) mass is 602 g/mol. The summed E-state index contributed by atoms with van der Waals surface area (Å²) in [5.74, 6) is -3.07. The van der Waals surface area contributed by atoms with E-state index in [0.717, 1.165) is 5.69 Å². The lowest BCUT2D eigenvalue weighted by Gasteiger charge is -2.27. The average molecular weight is 603 g/mol. The SMILES string of the molecule is C1CC1.CNC(=O)c1nocc1OC.O=C(CCC(F)(F)F)NCc1cnn2cc(CC3CCC(F)(F)CC3)nc2c1. The van der Waals surface area contributed by atoms with E-state index in [9.17, 15) is 31.5 Å². The minimum atomic E-state index is -4.36. The summed E-state index contributed by atoms with van der Waals surface area (Å²) in [5, 5.41) is 12.5. The number of nitrogens with one attached hydrogen (secondary N) is 2. The highest BCUT2D eigenvalue weighted by molar-refractivity contribution is 5.94. The molecule has 232 valence electrons. The molecule has 2 amide bonds. The van der Waals surface area contributed by atoms with Crippen LogP contribution >= 0.6 is 0 Å². The predicted molar refractivity (Wildman–Crippen MR) is 141 cm³/mol. The van der Waals surface area contributed by atoms with Gasteiger partial charge in [-0.15, -0.1) is 0 Å². The number of carbonyl (C=O) groups excluding carboxylic acids is 2. The molecule has 2 aliphatic carbocycles. The summed E-state index contributed by atoms with van der Waals surface area (Å²) < 4.78 is 73.7. The van der Waals surface area contributed by atoms with Crippen LogP contribution in [0, 0.1) is 5.92 Å². The standard InChI is InChI=1S/C18H21F5N4O.C6H8N2O3.C3H6/c19-17(20)4-1-12(2-5-17)7-14-11-27-15(26-14)8-13(10-25-27)9-24-16(28)3-6-18(21,22)23;1-7-6(9)5-4(10-2)3-11-8-5;1-2-3-1/h8,10-12H,1-7,9H2,(H,24,28);3H,1-2H3,(H,7,9);1-3H2. The third-order valence-electron chi connectivity index (χ3n) is 6.44. The lowest BCUT2D eigenvalue weighted by atomic mass is 9.84. The first-order valence-corrected chi connectivity index (χ1v) is 13.6. The van der Waals surface area contributed by atoms with Crippen LogP contribution in [0.3, 0.4) is 0 Å². The van der Waals surface area contributed by atoms with Gasteiger partial charge in [-0.1, -0.05) is 24.4 Å². The minimum absolute atomic E-state index is 0.0556. The van der Waals surface area contributed by atoms with Gasteiger partial charge in [0.2, 0.25) is 17.5 Å². The van der Waals surface area contributed by atoms with Gasteiger partial charge in [-0.05, 0) is 36.8 Å². The van der Waals surface area contributed by atoms with Crippen molar-refractivity contribution < 1.29 is 40.8 Å². The quantitative estimate of drug-likeness (QED) is 0.337. The molecule has 0 spiro atoms. The van der Waals surface area contributed by atoms with E-state index in [1.54, 1.807) is 16.8 Å². The highest BCUT2D eigenvalue weighted by Gasteiger charge is 2.35. The molecular formula is C27H35F5N6O4. The molecule has 15 heteroatoms. The number of imidazole rings is 1. The number of carbonyl (C=O) groups is 2. The van der Waals surface area contributed by atoms with E-state index in [4.69, 9.17) is 4.74 Å². The number of aromatic nitrogens is 4. The Bertz CT molecular complexity index is 1290. The Morgan fingerprint density at radius 3 is 2.48 bits per heavy atom.